The van der Waals surface area contributed by atoms with E-state index in [1.807, 2.05) is 59.1 Å². The first-order valence-electron chi connectivity index (χ1n) is 10.9. The zero-order valence-electron chi connectivity index (χ0n) is 17.5. The summed E-state index contributed by atoms with van der Waals surface area (Å²) >= 11 is 1.86. The van der Waals surface area contributed by atoms with Crippen LogP contribution in [0.1, 0.15) is 26.2 Å². The monoisotopic (exact) mass is 424 g/mol. The Morgan fingerprint density at radius 2 is 1.73 bits per heavy atom. The lowest BCUT2D eigenvalue weighted by atomic mass is 9.95. The standard InChI is InChI=1S/C24H29N3O2S/c1-18-11-16-27(21-9-5-6-10-22(21)30-18)23(28)17-26-14-12-19(13-15-26)24(29)25-20-7-3-2-4-8-20/h2-10,18-19H,11-17H2,1H3,(H,25,29)/p+1/t18-/m0/s1. The summed E-state index contributed by atoms with van der Waals surface area (Å²) in [6.45, 7) is 5.23. The van der Waals surface area contributed by atoms with Gasteiger partial charge in [0.05, 0.1) is 18.8 Å². The normalized spacial score (nSPS) is 23.9. The van der Waals surface area contributed by atoms with Crippen molar-refractivity contribution in [1.82, 2.24) is 0 Å². The van der Waals surface area contributed by atoms with E-state index in [1.54, 1.807) is 0 Å². The molecule has 4 rings (SSSR count). The number of hydrogen-bond donors (Lipinski definition) is 2. The van der Waals surface area contributed by atoms with Gasteiger partial charge < -0.3 is 15.1 Å². The van der Waals surface area contributed by atoms with Gasteiger partial charge in [0.15, 0.2) is 6.54 Å². The van der Waals surface area contributed by atoms with Crippen LogP contribution in [0.25, 0.3) is 0 Å². The average Bonchev–Trinajstić information content (AvgIpc) is 2.93. The number of para-hydroxylation sites is 2. The fourth-order valence-electron chi connectivity index (χ4n) is 4.29. The molecule has 2 heterocycles. The predicted molar refractivity (Wildman–Crippen MR) is 122 cm³/mol. The van der Waals surface area contributed by atoms with E-state index in [0.29, 0.717) is 11.8 Å². The molecule has 2 amide bonds. The van der Waals surface area contributed by atoms with Gasteiger partial charge in [0.25, 0.3) is 5.91 Å². The molecule has 6 heteroatoms. The van der Waals surface area contributed by atoms with Gasteiger partial charge in [-0.15, -0.1) is 11.8 Å². The van der Waals surface area contributed by atoms with Crippen LogP contribution in [-0.4, -0.2) is 43.2 Å². The molecule has 0 aliphatic carbocycles. The SMILES string of the molecule is C[C@H]1CCN(C(=O)C[NH+]2CCC(C(=O)Nc3ccccc3)CC2)c2ccccc2S1. The van der Waals surface area contributed by atoms with E-state index < -0.39 is 0 Å². The third-order valence-electron chi connectivity index (χ3n) is 6.05. The summed E-state index contributed by atoms with van der Waals surface area (Å²) in [5.41, 5.74) is 1.90. The summed E-state index contributed by atoms with van der Waals surface area (Å²) in [4.78, 5) is 30.2. The summed E-state index contributed by atoms with van der Waals surface area (Å²) < 4.78 is 0. The van der Waals surface area contributed by atoms with Crippen molar-refractivity contribution >= 4 is 35.0 Å². The van der Waals surface area contributed by atoms with Crippen LogP contribution in [0.15, 0.2) is 59.5 Å². The van der Waals surface area contributed by atoms with Crippen LogP contribution in [0.3, 0.4) is 0 Å². The molecule has 0 saturated carbocycles. The van der Waals surface area contributed by atoms with Crippen molar-refractivity contribution in [2.24, 2.45) is 5.92 Å². The van der Waals surface area contributed by atoms with E-state index in [-0.39, 0.29) is 17.7 Å². The molecule has 0 bridgehead atoms. The van der Waals surface area contributed by atoms with Gasteiger partial charge in [-0.3, -0.25) is 9.59 Å². The second kappa shape index (κ2) is 9.67. The Bertz CT molecular complexity index is 881. The van der Waals surface area contributed by atoms with Crippen molar-refractivity contribution in [2.75, 3.05) is 36.4 Å². The van der Waals surface area contributed by atoms with Crippen molar-refractivity contribution in [2.45, 2.75) is 36.3 Å². The third-order valence-corrected chi connectivity index (χ3v) is 7.29. The van der Waals surface area contributed by atoms with Crippen molar-refractivity contribution in [3.8, 4) is 0 Å². The maximum Gasteiger partial charge on any atom is 0.282 e. The van der Waals surface area contributed by atoms with E-state index in [2.05, 4.69) is 24.4 Å². The van der Waals surface area contributed by atoms with Crippen LogP contribution in [0.4, 0.5) is 11.4 Å². The highest BCUT2D eigenvalue weighted by atomic mass is 32.2. The van der Waals surface area contributed by atoms with Crippen molar-refractivity contribution < 1.29 is 14.5 Å². The summed E-state index contributed by atoms with van der Waals surface area (Å²) in [6, 6.07) is 17.9. The Morgan fingerprint density at radius 1 is 1.03 bits per heavy atom. The molecule has 158 valence electrons. The number of anilines is 2. The highest BCUT2D eigenvalue weighted by Gasteiger charge is 2.31. The lowest BCUT2D eigenvalue weighted by Gasteiger charge is -2.30. The van der Waals surface area contributed by atoms with Gasteiger partial charge in [-0.2, -0.15) is 0 Å². The zero-order chi connectivity index (χ0) is 20.9. The molecule has 1 saturated heterocycles. The second-order valence-electron chi connectivity index (χ2n) is 8.29. The van der Waals surface area contributed by atoms with Crippen molar-refractivity contribution in [3.05, 3.63) is 54.6 Å². The molecule has 2 N–H and O–H groups in total. The van der Waals surface area contributed by atoms with Crippen LogP contribution < -0.4 is 15.1 Å². The fourth-order valence-corrected chi connectivity index (χ4v) is 5.40. The number of benzene rings is 2. The maximum absolute atomic E-state index is 13.2. The molecule has 0 unspecified atom stereocenters. The number of carbonyl (C=O) groups excluding carboxylic acids is 2. The van der Waals surface area contributed by atoms with Crippen LogP contribution in [0.2, 0.25) is 0 Å². The number of fused-ring (bicyclic) bond motifs is 1. The van der Waals surface area contributed by atoms with Gasteiger partial charge >= 0.3 is 0 Å². The Balaban J connectivity index is 1.32. The summed E-state index contributed by atoms with van der Waals surface area (Å²) in [6.07, 6.45) is 2.65. The molecule has 2 aliphatic rings. The summed E-state index contributed by atoms with van der Waals surface area (Å²) in [5, 5.41) is 3.52. The number of rotatable bonds is 4. The van der Waals surface area contributed by atoms with Crippen molar-refractivity contribution in [3.63, 3.8) is 0 Å². The molecule has 0 radical (unpaired) electrons. The number of hydrogen-bond acceptors (Lipinski definition) is 3. The molecular weight excluding hydrogens is 394 g/mol. The molecule has 2 aromatic rings. The molecule has 0 spiro atoms. The Morgan fingerprint density at radius 3 is 2.50 bits per heavy atom. The van der Waals surface area contributed by atoms with Gasteiger partial charge in [0.2, 0.25) is 5.91 Å². The lowest BCUT2D eigenvalue weighted by molar-refractivity contribution is -0.897. The summed E-state index contributed by atoms with van der Waals surface area (Å²) in [7, 11) is 0. The minimum atomic E-state index is 0.0280. The van der Waals surface area contributed by atoms with E-state index in [4.69, 9.17) is 0 Å². The Hall–Kier alpha value is -2.31. The number of thioether (sulfide) groups is 1. The van der Waals surface area contributed by atoms with E-state index in [0.717, 1.165) is 50.3 Å². The first-order valence-corrected chi connectivity index (χ1v) is 11.7. The smallest absolute Gasteiger partial charge is 0.282 e. The van der Waals surface area contributed by atoms with Crippen LogP contribution in [0.5, 0.6) is 0 Å². The highest BCUT2D eigenvalue weighted by molar-refractivity contribution is 8.00. The molecule has 5 nitrogen and oxygen atoms in total. The Labute approximate surface area is 182 Å². The van der Waals surface area contributed by atoms with Gasteiger partial charge in [-0.25, -0.2) is 0 Å². The van der Waals surface area contributed by atoms with E-state index in [9.17, 15) is 9.59 Å². The van der Waals surface area contributed by atoms with E-state index >= 15 is 0 Å². The molecule has 2 aromatic carbocycles. The van der Waals surface area contributed by atoms with Gasteiger partial charge in [-0.05, 0) is 30.7 Å². The molecule has 0 aromatic heterocycles. The number of carbonyl (C=O) groups is 2. The van der Waals surface area contributed by atoms with Crippen LogP contribution >= 0.6 is 11.8 Å². The number of likely N-dealkylation sites (tertiary alicyclic amines) is 1. The maximum atomic E-state index is 13.2. The van der Waals surface area contributed by atoms with Crippen molar-refractivity contribution in [1.29, 1.82) is 0 Å². The van der Waals surface area contributed by atoms with Crippen LogP contribution in [0, 0.1) is 5.92 Å². The number of nitrogens with one attached hydrogen (secondary N) is 2. The number of amides is 2. The molecular formula is C24H30N3O2S+. The third kappa shape index (κ3) is 5.05. The highest BCUT2D eigenvalue weighted by Crippen LogP contribution is 2.37. The van der Waals surface area contributed by atoms with E-state index in [1.165, 1.54) is 9.80 Å². The predicted octanol–water partition coefficient (Wildman–Crippen LogP) is 2.84. The quantitative estimate of drug-likeness (QED) is 0.794. The molecule has 30 heavy (non-hydrogen) atoms. The Kier molecular flexibility index (Phi) is 6.75. The summed E-state index contributed by atoms with van der Waals surface area (Å²) in [5.74, 6) is 0.318. The number of nitrogens with zero attached hydrogens (tertiary/aromatic N) is 1. The minimum absolute atomic E-state index is 0.0280. The van der Waals surface area contributed by atoms with Crippen LogP contribution in [-0.2, 0) is 9.59 Å². The molecule has 2 aliphatic heterocycles. The number of quaternary nitrogens is 1. The first kappa shape index (κ1) is 20.9. The zero-order valence-corrected chi connectivity index (χ0v) is 18.3. The average molecular weight is 425 g/mol. The van der Waals surface area contributed by atoms with Gasteiger partial charge in [0, 0.05) is 41.1 Å². The fraction of sp³-hybridized carbons (Fsp3) is 0.417. The van der Waals surface area contributed by atoms with Gasteiger partial charge in [-0.1, -0.05) is 37.3 Å². The van der Waals surface area contributed by atoms with Gasteiger partial charge in [0.1, 0.15) is 0 Å². The lowest BCUT2D eigenvalue weighted by Crippen LogP contribution is -3.14. The molecule has 1 fully saturated rings. The second-order valence-corrected chi connectivity index (χ2v) is 9.77. The molecule has 1 atom stereocenters. The minimum Gasteiger partial charge on any atom is -0.327 e. The number of piperidine rings is 1. The first-order chi connectivity index (χ1) is 14.6. The largest absolute Gasteiger partial charge is 0.327 e. The topological polar surface area (TPSA) is 53.9 Å².